The van der Waals surface area contributed by atoms with Gasteiger partial charge >= 0.3 is 0 Å². The number of pyridine rings is 4. The molecule has 4 heteroatoms. The highest BCUT2D eigenvalue weighted by molar-refractivity contribution is 6.04. The van der Waals surface area contributed by atoms with E-state index in [0.717, 1.165) is 90.4 Å². The van der Waals surface area contributed by atoms with Crippen LogP contribution >= 0.6 is 0 Å². The van der Waals surface area contributed by atoms with Crippen LogP contribution in [-0.2, 0) is 18.3 Å². The molecule has 0 amide bonds. The van der Waals surface area contributed by atoms with E-state index in [0.29, 0.717) is 0 Å². The molecule has 0 radical (unpaired) electrons. The Hall–Kier alpha value is -5.48. The van der Waals surface area contributed by atoms with E-state index in [-0.39, 0.29) is 5.41 Å². The molecule has 4 heterocycles. The monoisotopic (exact) mass is 608 g/mol. The third-order valence-corrected chi connectivity index (χ3v) is 9.68. The maximum atomic E-state index is 5.11. The van der Waals surface area contributed by atoms with Crippen LogP contribution in [0, 0.1) is 0 Å². The lowest BCUT2D eigenvalue weighted by atomic mass is 9.77. The van der Waals surface area contributed by atoms with E-state index in [1.54, 1.807) is 0 Å². The predicted molar refractivity (Wildman–Crippen MR) is 196 cm³/mol. The van der Waals surface area contributed by atoms with Crippen molar-refractivity contribution in [3.8, 4) is 22.5 Å². The number of rotatable bonds is 6. The van der Waals surface area contributed by atoms with Gasteiger partial charge in [0.15, 0.2) is 0 Å². The zero-order valence-electron chi connectivity index (χ0n) is 27.3. The van der Waals surface area contributed by atoms with E-state index in [2.05, 4.69) is 149 Å². The van der Waals surface area contributed by atoms with E-state index in [9.17, 15) is 0 Å². The molecule has 8 rings (SSSR count). The first-order valence-electron chi connectivity index (χ1n) is 16.5. The Kier molecular flexibility index (Phi) is 7.02. The first-order chi connectivity index (χ1) is 22.9. The molecular weight excluding hydrogens is 573 g/mol. The van der Waals surface area contributed by atoms with Gasteiger partial charge in [0.1, 0.15) is 0 Å². The molecule has 0 saturated heterocycles. The molecular formula is C43H36N4. The Bertz CT molecular complexity index is 2270. The molecule has 4 aromatic heterocycles. The number of fused-ring (bicyclic) bond motifs is 6. The Morgan fingerprint density at radius 3 is 1.06 bits per heavy atom. The first kappa shape index (κ1) is 29.0. The summed E-state index contributed by atoms with van der Waals surface area (Å²) in [6.07, 6.45) is 1.81. The van der Waals surface area contributed by atoms with E-state index < -0.39 is 0 Å². The molecule has 47 heavy (non-hydrogen) atoms. The Morgan fingerprint density at radius 2 is 0.702 bits per heavy atom. The van der Waals surface area contributed by atoms with Crippen molar-refractivity contribution in [3.63, 3.8) is 0 Å². The van der Waals surface area contributed by atoms with E-state index >= 15 is 0 Å². The molecule has 0 bridgehead atoms. The van der Waals surface area contributed by atoms with Crippen molar-refractivity contribution in [1.82, 2.24) is 19.9 Å². The summed E-state index contributed by atoms with van der Waals surface area (Å²) in [7, 11) is 0. The van der Waals surface area contributed by atoms with E-state index in [1.165, 1.54) is 11.1 Å². The van der Waals surface area contributed by atoms with Gasteiger partial charge < -0.3 is 0 Å². The lowest BCUT2D eigenvalue weighted by Crippen LogP contribution is -2.18. The fourth-order valence-electron chi connectivity index (χ4n) is 6.61. The van der Waals surface area contributed by atoms with Crippen molar-refractivity contribution in [2.24, 2.45) is 0 Å². The van der Waals surface area contributed by atoms with Crippen LogP contribution in [0.5, 0.6) is 0 Å². The zero-order valence-corrected chi connectivity index (χ0v) is 27.3. The van der Waals surface area contributed by atoms with Gasteiger partial charge in [0.25, 0.3) is 0 Å². The van der Waals surface area contributed by atoms with Gasteiger partial charge in [-0.05, 0) is 48.2 Å². The first-order valence-corrected chi connectivity index (χ1v) is 16.5. The molecule has 0 aliphatic carbocycles. The summed E-state index contributed by atoms with van der Waals surface area (Å²) in [5.74, 6) is 0. The molecule has 0 N–H and O–H groups in total. The Balaban J connectivity index is 1.09. The molecule has 4 nitrogen and oxygen atoms in total. The van der Waals surface area contributed by atoms with E-state index in [1.807, 2.05) is 0 Å². The highest BCUT2D eigenvalue weighted by Gasteiger charge is 2.23. The minimum Gasteiger partial charge on any atom is -0.251 e. The second-order valence-corrected chi connectivity index (χ2v) is 12.9. The molecule has 228 valence electrons. The summed E-state index contributed by atoms with van der Waals surface area (Å²) >= 11 is 0. The van der Waals surface area contributed by atoms with Gasteiger partial charge in [0.05, 0.1) is 33.5 Å². The number of aromatic nitrogens is 4. The van der Waals surface area contributed by atoms with Crippen molar-refractivity contribution < 1.29 is 0 Å². The topological polar surface area (TPSA) is 51.6 Å². The maximum absolute atomic E-state index is 5.11. The summed E-state index contributed by atoms with van der Waals surface area (Å²) < 4.78 is 0. The summed E-state index contributed by atoms with van der Waals surface area (Å²) in [6.45, 7) is 8.84. The summed E-state index contributed by atoms with van der Waals surface area (Å²) in [6, 6.07) is 43.3. The molecule has 0 saturated carbocycles. The second-order valence-electron chi connectivity index (χ2n) is 12.9. The van der Waals surface area contributed by atoms with Crippen molar-refractivity contribution >= 4 is 43.6 Å². The summed E-state index contributed by atoms with van der Waals surface area (Å²) in [5, 5.41) is 4.46. The maximum Gasteiger partial charge on any atom is 0.0972 e. The molecule has 0 atom stereocenters. The molecule has 0 aliphatic rings. The second kappa shape index (κ2) is 11.4. The van der Waals surface area contributed by atoms with Gasteiger partial charge in [-0.3, -0.25) is 9.97 Å². The lowest BCUT2D eigenvalue weighted by Gasteiger charge is -2.26. The van der Waals surface area contributed by atoms with Crippen LogP contribution < -0.4 is 0 Å². The van der Waals surface area contributed by atoms with Crippen LogP contribution in [0.3, 0.4) is 0 Å². The predicted octanol–water partition coefficient (Wildman–Crippen LogP) is 10.7. The quantitative estimate of drug-likeness (QED) is 0.176. The Morgan fingerprint density at radius 1 is 0.383 bits per heavy atom. The van der Waals surface area contributed by atoms with Gasteiger partial charge in [-0.1, -0.05) is 125 Å². The summed E-state index contributed by atoms with van der Waals surface area (Å²) in [5.41, 5.74) is 12.5. The standard InChI is InChI=1S/C43H36N4/c1-5-35-23-15-29-7-9-31-17-25-37(46-41(31)39(29)44-35)27-11-19-33(20-12-27)43(3,4)34-21-13-28(14-22-34)38-26-18-32-10-8-30-16-24-36(6-2)45-40(30)42(32)47-38/h7-26H,5-6H2,1-4H3. The molecule has 0 unspecified atom stereocenters. The smallest absolute Gasteiger partial charge is 0.0972 e. The Labute approximate surface area is 275 Å². The molecule has 0 fully saturated rings. The third kappa shape index (κ3) is 5.11. The van der Waals surface area contributed by atoms with Crippen LogP contribution in [-0.4, -0.2) is 19.9 Å². The molecule has 0 aliphatic heterocycles. The third-order valence-electron chi connectivity index (χ3n) is 9.68. The number of hydrogen-bond acceptors (Lipinski definition) is 4. The molecule has 4 aromatic carbocycles. The van der Waals surface area contributed by atoms with Crippen molar-refractivity contribution in [2.75, 3.05) is 0 Å². The van der Waals surface area contributed by atoms with Crippen molar-refractivity contribution in [2.45, 2.75) is 46.0 Å². The largest absolute Gasteiger partial charge is 0.251 e. The molecule has 8 aromatic rings. The SMILES string of the molecule is CCc1ccc2ccc3ccc(-c4ccc(C(C)(C)c5ccc(-c6ccc7ccc8ccc(CC)nc8c7n6)cc5)cc4)nc3c2n1. The van der Waals surface area contributed by atoms with E-state index in [4.69, 9.17) is 19.9 Å². The van der Waals surface area contributed by atoms with Crippen LogP contribution in [0.1, 0.15) is 50.2 Å². The van der Waals surface area contributed by atoms with Crippen molar-refractivity contribution in [1.29, 1.82) is 0 Å². The fourth-order valence-corrected chi connectivity index (χ4v) is 6.61. The normalized spacial score (nSPS) is 12.0. The van der Waals surface area contributed by atoms with Gasteiger partial charge in [0, 0.05) is 49.5 Å². The highest BCUT2D eigenvalue weighted by atomic mass is 14.8. The summed E-state index contributed by atoms with van der Waals surface area (Å²) in [4.78, 5) is 20.1. The van der Waals surface area contributed by atoms with Gasteiger partial charge in [-0.25, -0.2) is 9.97 Å². The lowest BCUT2D eigenvalue weighted by molar-refractivity contribution is 0.641. The van der Waals surface area contributed by atoms with Crippen molar-refractivity contribution in [3.05, 3.63) is 144 Å². The van der Waals surface area contributed by atoms with Gasteiger partial charge in [0.2, 0.25) is 0 Å². The minimum atomic E-state index is -0.183. The van der Waals surface area contributed by atoms with Gasteiger partial charge in [-0.15, -0.1) is 0 Å². The number of aryl methyl sites for hydroxylation is 2. The van der Waals surface area contributed by atoms with Crippen LogP contribution in [0.15, 0.2) is 121 Å². The van der Waals surface area contributed by atoms with Gasteiger partial charge in [-0.2, -0.15) is 0 Å². The fraction of sp³-hybridized carbons (Fsp3) is 0.163. The molecule has 0 spiro atoms. The van der Waals surface area contributed by atoms with Crippen LogP contribution in [0.4, 0.5) is 0 Å². The highest BCUT2D eigenvalue weighted by Crippen LogP contribution is 2.35. The average molecular weight is 609 g/mol. The van der Waals surface area contributed by atoms with Crippen LogP contribution in [0.2, 0.25) is 0 Å². The zero-order chi connectivity index (χ0) is 32.1. The number of benzene rings is 4. The van der Waals surface area contributed by atoms with Crippen LogP contribution in [0.25, 0.3) is 66.1 Å². The number of nitrogens with zero attached hydrogens (tertiary/aromatic N) is 4. The minimum absolute atomic E-state index is 0.183. The average Bonchev–Trinajstić information content (AvgIpc) is 3.13. The number of hydrogen-bond donors (Lipinski definition) is 0.